The fraction of sp³-hybridized carbons (Fsp3) is 0.657. The summed E-state index contributed by atoms with van der Waals surface area (Å²) in [6.45, 7) is 4.83. The molecule has 0 unspecified atom stereocenters. The molecule has 0 aromatic heterocycles. The van der Waals surface area contributed by atoms with Gasteiger partial charge in [-0.05, 0) is 98.0 Å². The normalized spacial score (nSPS) is 23.7. The summed E-state index contributed by atoms with van der Waals surface area (Å²) >= 11 is 4.64. The number of nitrogens with zero attached hydrogens (tertiary/aromatic N) is 6. The maximum atomic E-state index is 15.0. The summed E-state index contributed by atoms with van der Waals surface area (Å²) in [5.41, 5.74) is 9.11. The Morgan fingerprint density at radius 3 is 1.70 bits per heavy atom. The van der Waals surface area contributed by atoms with E-state index in [1.165, 1.54) is 35.3 Å². The molecule has 30 heteroatoms. The van der Waals surface area contributed by atoms with Gasteiger partial charge in [-0.3, -0.25) is 77.1 Å². The van der Waals surface area contributed by atoms with Crippen LogP contribution in [0, 0.1) is 11.8 Å². The molecule has 3 saturated heterocycles. The molecule has 0 aliphatic carbocycles. The zero-order chi connectivity index (χ0) is 72.7. The number of hydrogen-bond acceptors (Lipinski definition) is 21. The number of carboxylic acid groups (broad SMARTS) is 3. The highest BCUT2D eigenvalue weighted by Gasteiger charge is 2.45. The molecule has 10 N–H and O–H groups in total. The molecule has 8 atom stereocenters. The maximum Gasteiger partial charge on any atom is 0.317 e. The van der Waals surface area contributed by atoms with Gasteiger partial charge < -0.3 is 57.0 Å². The van der Waals surface area contributed by atoms with Crippen LogP contribution in [0.3, 0.4) is 0 Å². The van der Waals surface area contributed by atoms with Gasteiger partial charge in [0.1, 0.15) is 35.7 Å². The van der Waals surface area contributed by atoms with Crippen LogP contribution in [-0.4, -0.2) is 277 Å². The van der Waals surface area contributed by atoms with Crippen LogP contribution >= 0.6 is 35.3 Å². The van der Waals surface area contributed by atoms with Crippen LogP contribution in [0.25, 0.3) is 0 Å². The zero-order valence-corrected chi connectivity index (χ0v) is 60.3. The van der Waals surface area contributed by atoms with Gasteiger partial charge in [-0.15, -0.1) is 0 Å². The quantitative estimate of drug-likeness (QED) is 0.0579. The second-order valence-corrected chi connectivity index (χ2v) is 29.9. The van der Waals surface area contributed by atoms with Crippen molar-refractivity contribution in [2.24, 2.45) is 17.6 Å². The maximum absolute atomic E-state index is 15.0. The Morgan fingerprint density at radius 2 is 1.15 bits per heavy atom. The molecule has 6 amide bonds. The summed E-state index contributed by atoms with van der Waals surface area (Å²) in [5, 5.41) is 58.7. The molecule has 4 heterocycles. The highest BCUT2D eigenvalue weighted by molar-refractivity contribution is 7.99. The highest BCUT2D eigenvalue weighted by atomic mass is 32.2. The van der Waals surface area contributed by atoms with Crippen molar-refractivity contribution in [2.75, 3.05) is 115 Å². The van der Waals surface area contributed by atoms with Gasteiger partial charge in [-0.2, -0.15) is 35.3 Å². The Kier molecular flexibility index (Phi) is 35.8. The van der Waals surface area contributed by atoms with E-state index in [-0.39, 0.29) is 153 Å². The van der Waals surface area contributed by atoms with Crippen LogP contribution in [-0.2, 0) is 81.2 Å². The summed E-state index contributed by atoms with van der Waals surface area (Å²) in [4.78, 5) is 172. The number of ketones is 3. The van der Waals surface area contributed by atoms with E-state index in [2.05, 4.69) is 34.1 Å². The number of amides is 6. The molecule has 0 saturated carbocycles. The van der Waals surface area contributed by atoms with Crippen LogP contribution in [0.1, 0.15) is 126 Å². The van der Waals surface area contributed by atoms with Gasteiger partial charge in [-0.25, -0.2) is 0 Å². The lowest BCUT2D eigenvalue weighted by atomic mass is 9.95. The molecule has 2 aromatic rings. The number of unbranched alkanes of at least 4 members (excludes halogenated alkanes) is 2. The number of rotatable bonds is 27. The molecule has 27 nitrogen and oxygen atoms in total. The molecule has 2 aromatic carbocycles. The minimum Gasteiger partial charge on any atom is -0.480 e. The molecular weight excluding hydrogens is 1350 g/mol. The number of thioether (sulfide) groups is 3. The average Bonchev–Trinajstić information content (AvgIpc) is 1.60. The Balaban J connectivity index is 1.24. The molecule has 4 aliphatic heterocycles. The summed E-state index contributed by atoms with van der Waals surface area (Å²) < 4.78 is 0. The highest BCUT2D eigenvalue weighted by Crippen LogP contribution is 2.31. The first kappa shape index (κ1) is 82.4. The van der Waals surface area contributed by atoms with E-state index in [0.717, 1.165) is 29.5 Å². The largest absolute Gasteiger partial charge is 0.480 e. The van der Waals surface area contributed by atoms with Crippen molar-refractivity contribution < 1.29 is 83.1 Å². The molecular formula is C70H104N10O17S3. The Morgan fingerprint density at radius 1 is 0.610 bits per heavy atom. The molecule has 6 rings (SSSR count). The molecule has 100 heavy (non-hydrogen) atoms. The standard InChI is InChI=1S/C70H104N10O17S3/c1-3-4-6-14-54(83)36-53-46-100-44-51-32-49(42-98-30-11-15-55(84)37-75-22-24-76(38-62(87)88)26-28-78(40-64(91)92)29-27-77(25-23-75)39-63(89)90)31-50(33-51)43-99-45-52(41-81)35-60(85)57(34-48-12-7-5-8-13-48)73-66(93)56(18-19-61(71)86)72-68(95)65(47(2)82)74-67(94)58-16-9-20-79(58)70(97)59-17-10-21-80(59)69(53)96/h5,7-8,12-13,31-33,47,52-53,56-59,65,81-82H,3-4,6,9-11,14-30,34-46H2,1-2H3,(H2,71,86)(H,72,95)(H,73,93)(H,74,94)(H,87,88)(H,89,90)(H,91,92)/t47-,52-,53+,56+,57+,58+,59+,65+/m1/s1. The third-order valence-electron chi connectivity index (χ3n) is 18.4. The molecule has 3 fully saturated rings. The molecule has 554 valence electrons. The summed E-state index contributed by atoms with van der Waals surface area (Å²) in [6, 6.07) is 8.84. The number of carboxylic acids is 3. The number of carbonyl (C=O) groups excluding carboxylic acids is 9. The van der Waals surface area contributed by atoms with E-state index in [4.69, 9.17) is 5.73 Å². The van der Waals surface area contributed by atoms with E-state index in [1.54, 1.807) is 61.7 Å². The van der Waals surface area contributed by atoms with Crippen LogP contribution in [0.4, 0.5) is 0 Å². The van der Waals surface area contributed by atoms with Gasteiger partial charge in [-0.1, -0.05) is 68.3 Å². The van der Waals surface area contributed by atoms with Crippen molar-refractivity contribution in [3.05, 3.63) is 70.8 Å². The average molecular weight is 1450 g/mol. The zero-order valence-electron chi connectivity index (χ0n) is 57.8. The van der Waals surface area contributed by atoms with Gasteiger partial charge in [0, 0.05) is 127 Å². The fourth-order valence-corrected chi connectivity index (χ4v) is 16.1. The molecule has 0 spiro atoms. The number of aliphatic hydroxyl groups is 2. The SMILES string of the molecule is CCCCCC(=O)C[C@H]1CSCc2cc(CSCCCC(=O)CN3CCN(CC(=O)O)CCN(CC(=O)O)CCN(CC(=O)O)CC3)cc(c2)CSC[C@@H](CO)CC(=O)[C@H](Cc2ccccc2)NC(=O)[C@H](CCC(N)=O)NC(=O)[C@H]([C@@H](C)O)NC(=O)[C@@H]2CCCN2C(=O)[C@@H]2CCCN2C1=O. The van der Waals surface area contributed by atoms with E-state index < -0.39 is 101 Å². The number of Topliss-reactive ketones (excluding diaryl/α,β-unsaturated/α-hetero) is 3. The van der Waals surface area contributed by atoms with Gasteiger partial charge in [0.25, 0.3) is 0 Å². The first-order chi connectivity index (χ1) is 47.9. The third kappa shape index (κ3) is 28.7. The van der Waals surface area contributed by atoms with Crippen LogP contribution in [0.5, 0.6) is 0 Å². The van der Waals surface area contributed by atoms with Crippen molar-refractivity contribution in [1.29, 1.82) is 0 Å². The van der Waals surface area contributed by atoms with E-state index in [0.29, 0.717) is 85.9 Å². The second kappa shape index (κ2) is 43.4. The van der Waals surface area contributed by atoms with Crippen molar-refractivity contribution in [2.45, 2.75) is 164 Å². The van der Waals surface area contributed by atoms with Gasteiger partial charge in [0.2, 0.25) is 35.4 Å². The number of nitrogens with one attached hydrogen (secondary N) is 3. The van der Waals surface area contributed by atoms with Crippen LogP contribution in [0.2, 0.25) is 0 Å². The van der Waals surface area contributed by atoms with Crippen molar-refractivity contribution in [1.82, 2.24) is 45.3 Å². The third-order valence-corrected chi connectivity index (χ3v) is 21.9. The number of aliphatic hydroxyl groups excluding tert-OH is 2. The monoisotopic (exact) mass is 1450 g/mol. The number of fused-ring (bicyclic) bond motifs is 4. The second-order valence-electron chi connectivity index (χ2n) is 26.7. The lowest BCUT2D eigenvalue weighted by Gasteiger charge is -2.33. The summed E-state index contributed by atoms with van der Waals surface area (Å²) in [5.74, 6) is -6.46. The number of aliphatic carboxylic acids is 3. The van der Waals surface area contributed by atoms with Crippen molar-refractivity contribution in [3.63, 3.8) is 0 Å². The van der Waals surface area contributed by atoms with Crippen LogP contribution in [0.15, 0.2) is 48.5 Å². The smallest absolute Gasteiger partial charge is 0.317 e. The fourth-order valence-electron chi connectivity index (χ4n) is 13.1. The minimum absolute atomic E-state index is 0.0243. The van der Waals surface area contributed by atoms with Crippen molar-refractivity contribution >= 4 is 106 Å². The van der Waals surface area contributed by atoms with E-state index in [1.807, 2.05) is 11.8 Å². The summed E-state index contributed by atoms with van der Waals surface area (Å²) in [6.07, 6.45) is 2.62. The van der Waals surface area contributed by atoms with Gasteiger partial charge in [0.15, 0.2) is 5.78 Å². The van der Waals surface area contributed by atoms with Crippen LogP contribution < -0.4 is 21.7 Å². The van der Waals surface area contributed by atoms with E-state index >= 15 is 0 Å². The number of hydrogen-bond donors (Lipinski definition) is 9. The Labute approximate surface area is 598 Å². The first-order valence-corrected chi connectivity index (χ1v) is 38.4. The predicted molar refractivity (Wildman–Crippen MR) is 381 cm³/mol. The predicted octanol–water partition coefficient (Wildman–Crippen LogP) is 2.27. The van der Waals surface area contributed by atoms with Crippen molar-refractivity contribution in [3.8, 4) is 0 Å². The minimum atomic E-state index is -1.65. The lowest BCUT2D eigenvalue weighted by molar-refractivity contribution is -0.148. The molecule has 2 bridgehead atoms. The van der Waals surface area contributed by atoms with E-state index in [9.17, 15) is 83.1 Å². The number of benzene rings is 2. The lowest BCUT2D eigenvalue weighted by Crippen LogP contribution is -2.61. The van der Waals surface area contributed by atoms with Gasteiger partial charge in [0.05, 0.1) is 44.2 Å². The number of carbonyl (C=O) groups is 12. The van der Waals surface area contributed by atoms with Gasteiger partial charge >= 0.3 is 17.9 Å². The Hall–Kier alpha value is -6.51. The number of primary amides is 1. The molecule has 0 radical (unpaired) electrons. The topological polar surface area (TPSA) is 388 Å². The molecule has 4 aliphatic rings. The summed E-state index contributed by atoms with van der Waals surface area (Å²) in [7, 11) is 0. The Bertz CT molecular complexity index is 3050. The number of nitrogens with two attached hydrogens (primary N) is 1. The first-order valence-electron chi connectivity index (χ1n) is 35.0.